The predicted molar refractivity (Wildman–Crippen MR) is 77.4 cm³/mol. The van der Waals surface area contributed by atoms with Gasteiger partial charge in [-0.2, -0.15) is 0 Å². The molecule has 0 aromatic heterocycles. The summed E-state index contributed by atoms with van der Waals surface area (Å²) in [6, 6.07) is 0.935. The molecular formula is C15H30N2O2. The van der Waals surface area contributed by atoms with Crippen LogP contribution in [0.25, 0.3) is 0 Å². The Bertz CT molecular complexity index is 296. The smallest absolute Gasteiger partial charge is 0.0852 e. The van der Waals surface area contributed by atoms with Crippen LogP contribution < -0.4 is 5.32 Å². The van der Waals surface area contributed by atoms with Gasteiger partial charge in [0.25, 0.3) is 0 Å². The van der Waals surface area contributed by atoms with Crippen molar-refractivity contribution in [2.24, 2.45) is 5.41 Å². The monoisotopic (exact) mass is 270 g/mol. The molecule has 1 N–H and O–H groups in total. The lowest BCUT2D eigenvalue weighted by molar-refractivity contribution is -0.123. The quantitative estimate of drug-likeness (QED) is 0.821. The van der Waals surface area contributed by atoms with Crippen LogP contribution in [0.2, 0.25) is 0 Å². The molecule has 2 rings (SSSR count). The van der Waals surface area contributed by atoms with Crippen LogP contribution in [0.4, 0.5) is 0 Å². The summed E-state index contributed by atoms with van der Waals surface area (Å²) in [5.74, 6) is 0. The molecule has 0 radical (unpaired) electrons. The van der Waals surface area contributed by atoms with Gasteiger partial charge < -0.3 is 19.7 Å². The van der Waals surface area contributed by atoms with Crippen molar-refractivity contribution in [1.82, 2.24) is 10.2 Å². The van der Waals surface area contributed by atoms with Crippen LogP contribution in [0.5, 0.6) is 0 Å². The number of nitrogens with zero attached hydrogens (tertiary/aromatic N) is 1. The normalized spacial score (nSPS) is 36.8. The molecule has 4 nitrogen and oxygen atoms in total. The van der Waals surface area contributed by atoms with Crippen LogP contribution in [0, 0.1) is 5.41 Å². The molecule has 0 bridgehead atoms. The number of nitrogens with one attached hydrogen (secondary N) is 1. The molecule has 0 aromatic carbocycles. The molecule has 19 heavy (non-hydrogen) atoms. The first-order valence-corrected chi connectivity index (χ1v) is 7.63. The first kappa shape index (κ1) is 15.2. The van der Waals surface area contributed by atoms with Gasteiger partial charge in [0, 0.05) is 37.2 Å². The Morgan fingerprint density at radius 3 is 2.79 bits per heavy atom. The minimum Gasteiger partial charge on any atom is -0.378 e. The average Bonchev–Trinajstić information content (AvgIpc) is 2.37. The van der Waals surface area contributed by atoms with E-state index in [4.69, 9.17) is 9.47 Å². The maximum Gasteiger partial charge on any atom is 0.0852 e. The molecule has 112 valence electrons. The SMILES string of the molecule is CCO[C@@H]1C[C@H](N[C@@H](C)[C@H]2CN(C)CCO2)C1(C)C. The van der Waals surface area contributed by atoms with Crippen molar-refractivity contribution in [1.29, 1.82) is 0 Å². The van der Waals surface area contributed by atoms with E-state index in [1.807, 2.05) is 0 Å². The number of rotatable bonds is 5. The number of morpholine rings is 1. The highest BCUT2D eigenvalue weighted by atomic mass is 16.5. The number of hydrogen-bond donors (Lipinski definition) is 1. The molecule has 2 aliphatic rings. The Kier molecular flexibility index (Phi) is 4.88. The third-order valence-corrected chi connectivity index (χ3v) is 4.86. The van der Waals surface area contributed by atoms with Crippen LogP contribution in [-0.4, -0.2) is 62.5 Å². The molecule has 0 amide bonds. The summed E-state index contributed by atoms with van der Waals surface area (Å²) in [5.41, 5.74) is 0.227. The van der Waals surface area contributed by atoms with Gasteiger partial charge in [-0.25, -0.2) is 0 Å². The second kappa shape index (κ2) is 6.08. The highest BCUT2D eigenvalue weighted by Crippen LogP contribution is 2.43. The van der Waals surface area contributed by atoms with Gasteiger partial charge in [0.1, 0.15) is 0 Å². The van der Waals surface area contributed by atoms with E-state index in [9.17, 15) is 0 Å². The van der Waals surface area contributed by atoms with Gasteiger partial charge in [-0.05, 0) is 27.3 Å². The fraction of sp³-hybridized carbons (Fsp3) is 1.00. The molecule has 0 unspecified atom stereocenters. The van der Waals surface area contributed by atoms with Crippen LogP contribution >= 0.6 is 0 Å². The van der Waals surface area contributed by atoms with Crippen LogP contribution in [-0.2, 0) is 9.47 Å². The topological polar surface area (TPSA) is 33.7 Å². The molecule has 1 saturated heterocycles. The lowest BCUT2D eigenvalue weighted by atomic mass is 9.64. The third-order valence-electron chi connectivity index (χ3n) is 4.86. The Labute approximate surface area is 117 Å². The van der Waals surface area contributed by atoms with Gasteiger partial charge >= 0.3 is 0 Å². The number of likely N-dealkylation sites (N-methyl/N-ethyl adjacent to an activating group) is 1. The fourth-order valence-corrected chi connectivity index (χ4v) is 3.19. The van der Waals surface area contributed by atoms with Gasteiger partial charge in [0.15, 0.2) is 0 Å². The van der Waals surface area contributed by atoms with E-state index in [1.54, 1.807) is 0 Å². The molecule has 1 aliphatic heterocycles. The Balaban J connectivity index is 1.81. The van der Waals surface area contributed by atoms with Gasteiger partial charge in [-0.15, -0.1) is 0 Å². The van der Waals surface area contributed by atoms with Gasteiger partial charge in [-0.3, -0.25) is 0 Å². The van der Waals surface area contributed by atoms with E-state index < -0.39 is 0 Å². The average molecular weight is 270 g/mol. The first-order valence-electron chi connectivity index (χ1n) is 7.63. The van der Waals surface area contributed by atoms with E-state index in [-0.39, 0.29) is 5.41 Å². The van der Waals surface area contributed by atoms with Crippen molar-refractivity contribution in [3.63, 3.8) is 0 Å². The maximum atomic E-state index is 5.89. The van der Waals surface area contributed by atoms with Crippen molar-refractivity contribution in [2.45, 2.75) is 58.4 Å². The van der Waals surface area contributed by atoms with Crippen molar-refractivity contribution in [2.75, 3.05) is 33.4 Å². The standard InChI is InChI=1S/C15H30N2O2/c1-6-18-14-9-13(15(14,3)4)16-11(2)12-10-17(5)7-8-19-12/h11-14,16H,6-10H2,1-5H3/t11-,12+,13-,14+/m0/s1. The van der Waals surface area contributed by atoms with Crippen molar-refractivity contribution in [3.8, 4) is 0 Å². The van der Waals surface area contributed by atoms with E-state index in [1.165, 1.54) is 0 Å². The lowest BCUT2D eigenvalue weighted by Crippen LogP contribution is -2.64. The van der Waals surface area contributed by atoms with E-state index >= 15 is 0 Å². The largest absolute Gasteiger partial charge is 0.378 e. The number of ether oxygens (including phenoxy) is 2. The summed E-state index contributed by atoms with van der Waals surface area (Å²) in [7, 11) is 2.17. The highest BCUT2D eigenvalue weighted by Gasteiger charge is 2.49. The molecule has 4 atom stereocenters. The Morgan fingerprint density at radius 1 is 1.47 bits per heavy atom. The second-order valence-corrected chi connectivity index (χ2v) is 6.68. The third kappa shape index (κ3) is 3.30. The lowest BCUT2D eigenvalue weighted by Gasteiger charge is -2.53. The molecule has 0 spiro atoms. The summed E-state index contributed by atoms with van der Waals surface area (Å²) in [4.78, 5) is 2.35. The Morgan fingerprint density at radius 2 is 2.21 bits per heavy atom. The predicted octanol–water partition coefficient (Wildman–Crippen LogP) is 1.50. The zero-order chi connectivity index (χ0) is 14.0. The van der Waals surface area contributed by atoms with Crippen molar-refractivity contribution in [3.05, 3.63) is 0 Å². The molecule has 1 saturated carbocycles. The number of hydrogen-bond acceptors (Lipinski definition) is 4. The van der Waals surface area contributed by atoms with Crippen LogP contribution in [0.15, 0.2) is 0 Å². The molecule has 4 heteroatoms. The molecule has 0 aromatic rings. The zero-order valence-corrected chi connectivity index (χ0v) is 13.1. The van der Waals surface area contributed by atoms with E-state index in [0.717, 1.165) is 32.7 Å². The summed E-state index contributed by atoms with van der Waals surface area (Å²) in [6.07, 6.45) is 1.83. The van der Waals surface area contributed by atoms with Gasteiger partial charge in [-0.1, -0.05) is 13.8 Å². The van der Waals surface area contributed by atoms with Crippen molar-refractivity contribution < 1.29 is 9.47 Å². The minimum atomic E-state index is 0.227. The van der Waals surface area contributed by atoms with Crippen LogP contribution in [0.3, 0.4) is 0 Å². The van der Waals surface area contributed by atoms with Gasteiger partial charge in [0.05, 0.1) is 18.8 Å². The second-order valence-electron chi connectivity index (χ2n) is 6.68. The summed E-state index contributed by atoms with van der Waals surface area (Å²) in [6.45, 7) is 12.7. The highest BCUT2D eigenvalue weighted by molar-refractivity contribution is 5.04. The first-order chi connectivity index (χ1) is 8.95. The molecule has 1 aliphatic carbocycles. The van der Waals surface area contributed by atoms with Crippen molar-refractivity contribution >= 4 is 0 Å². The maximum absolute atomic E-state index is 5.89. The summed E-state index contributed by atoms with van der Waals surface area (Å²) in [5, 5.41) is 3.75. The zero-order valence-electron chi connectivity index (χ0n) is 13.1. The van der Waals surface area contributed by atoms with Gasteiger partial charge in [0.2, 0.25) is 0 Å². The fourth-order valence-electron chi connectivity index (χ4n) is 3.19. The van der Waals surface area contributed by atoms with E-state index in [0.29, 0.717) is 24.3 Å². The Hall–Kier alpha value is -0.160. The molecular weight excluding hydrogens is 240 g/mol. The van der Waals surface area contributed by atoms with Crippen LogP contribution in [0.1, 0.15) is 34.1 Å². The summed E-state index contributed by atoms with van der Waals surface area (Å²) >= 11 is 0. The summed E-state index contributed by atoms with van der Waals surface area (Å²) < 4.78 is 11.7. The molecule has 1 heterocycles. The molecule has 2 fully saturated rings. The minimum absolute atomic E-state index is 0.227. The van der Waals surface area contributed by atoms with E-state index in [2.05, 4.69) is 45.0 Å².